The molecule has 0 spiro atoms. The first kappa shape index (κ1) is 14.5. The summed E-state index contributed by atoms with van der Waals surface area (Å²) in [6, 6.07) is 2.55. The van der Waals surface area contributed by atoms with Gasteiger partial charge >= 0.3 is 0 Å². The number of anilines is 1. The van der Waals surface area contributed by atoms with Gasteiger partial charge in [-0.15, -0.1) is 11.3 Å². The van der Waals surface area contributed by atoms with E-state index >= 15 is 0 Å². The minimum Gasteiger partial charge on any atom is -0.347 e. The highest BCUT2D eigenvalue weighted by atomic mass is 32.1. The maximum atomic E-state index is 4.70. The van der Waals surface area contributed by atoms with Crippen molar-refractivity contribution in [2.24, 2.45) is 0 Å². The molecule has 3 nitrogen and oxygen atoms in total. The third kappa shape index (κ3) is 3.55. The molecule has 0 bridgehead atoms. The zero-order valence-corrected chi connectivity index (χ0v) is 13.6. The Kier molecular flexibility index (Phi) is 4.96. The summed E-state index contributed by atoms with van der Waals surface area (Å²) in [6.45, 7) is 8.34. The van der Waals surface area contributed by atoms with Crippen molar-refractivity contribution in [3.63, 3.8) is 0 Å². The summed E-state index contributed by atoms with van der Waals surface area (Å²) in [5.74, 6) is 0. The van der Waals surface area contributed by atoms with E-state index in [-0.39, 0.29) is 0 Å². The summed E-state index contributed by atoms with van der Waals surface area (Å²) in [5.41, 5.74) is 2.49. The summed E-state index contributed by atoms with van der Waals surface area (Å²) >= 11 is 3.54. The van der Waals surface area contributed by atoms with Gasteiger partial charge in [0.15, 0.2) is 5.13 Å². The first-order chi connectivity index (χ1) is 9.11. The lowest BCUT2D eigenvalue weighted by Crippen LogP contribution is -2.17. The van der Waals surface area contributed by atoms with Crippen molar-refractivity contribution >= 4 is 27.8 Å². The first-order valence-corrected chi connectivity index (χ1v) is 8.30. The van der Waals surface area contributed by atoms with Gasteiger partial charge in [0.1, 0.15) is 0 Å². The summed E-state index contributed by atoms with van der Waals surface area (Å²) in [5, 5.41) is 8.87. The molecule has 1 atom stereocenters. The average molecular weight is 295 g/mol. The Morgan fingerprint density at radius 2 is 2.26 bits per heavy atom. The molecule has 0 amide bonds. The van der Waals surface area contributed by atoms with E-state index in [1.165, 1.54) is 10.4 Å². The fourth-order valence-electron chi connectivity index (χ4n) is 2.08. The Labute approximate surface area is 123 Å². The van der Waals surface area contributed by atoms with Crippen LogP contribution in [-0.4, -0.2) is 18.6 Å². The highest BCUT2D eigenvalue weighted by Crippen LogP contribution is 2.30. The summed E-state index contributed by atoms with van der Waals surface area (Å²) in [4.78, 5) is 8.27. The van der Waals surface area contributed by atoms with Crippen LogP contribution in [0.3, 0.4) is 0 Å². The molecule has 104 valence electrons. The molecule has 5 heteroatoms. The SMILES string of the molecule is CCNC(C)c1sc(N(C)Cc2ccsc2)nc1C. The number of rotatable bonds is 6. The Hall–Kier alpha value is -0.910. The van der Waals surface area contributed by atoms with Crippen LogP contribution in [0, 0.1) is 6.92 Å². The normalized spacial score (nSPS) is 12.6. The highest BCUT2D eigenvalue weighted by molar-refractivity contribution is 7.15. The molecule has 1 unspecified atom stereocenters. The van der Waals surface area contributed by atoms with Crippen LogP contribution >= 0.6 is 22.7 Å². The quantitative estimate of drug-likeness (QED) is 0.878. The Morgan fingerprint density at radius 1 is 1.47 bits per heavy atom. The van der Waals surface area contributed by atoms with E-state index in [9.17, 15) is 0 Å². The van der Waals surface area contributed by atoms with E-state index in [0.717, 1.165) is 23.9 Å². The van der Waals surface area contributed by atoms with Crippen LogP contribution < -0.4 is 10.2 Å². The van der Waals surface area contributed by atoms with E-state index in [0.29, 0.717) is 6.04 Å². The second-order valence-electron chi connectivity index (χ2n) is 4.71. The highest BCUT2D eigenvalue weighted by Gasteiger charge is 2.15. The molecule has 0 aliphatic heterocycles. The maximum absolute atomic E-state index is 4.70. The number of nitrogens with zero attached hydrogens (tertiary/aromatic N) is 2. The van der Waals surface area contributed by atoms with Gasteiger partial charge in [-0.3, -0.25) is 0 Å². The van der Waals surface area contributed by atoms with Gasteiger partial charge in [-0.05, 0) is 42.8 Å². The molecule has 2 heterocycles. The second-order valence-corrected chi connectivity index (χ2v) is 6.50. The minimum absolute atomic E-state index is 0.380. The number of thiazole rings is 1. The molecular formula is C14H21N3S2. The van der Waals surface area contributed by atoms with Crippen molar-refractivity contribution in [3.8, 4) is 0 Å². The van der Waals surface area contributed by atoms with Crippen LogP contribution in [0.4, 0.5) is 5.13 Å². The van der Waals surface area contributed by atoms with Crippen LogP contribution in [0.15, 0.2) is 16.8 Å². The van der Waals surface area contributed by atoms with Crippen molar-refractivity contribution in [1.82, 2.24) is 10.3 Å². The second kappa shape index (κ2) is 6.50. The maximum Gasteiger partial charge on any atom is 0.185 e. The molecule has 0 aliphatic rings. The lowest BCUT2D eigenvalue weighted by molar-refractivity contribution is 0.603. The largest absolute Gasteiger partial charge is 0.347 e. The van der Waals surface area contributed by atoms with E-state index < -0.39 is 0 Å². The standard InChI is InChI=1S/C14H21N3S2/c1-5-15-10(2)13-11(3)16-14(19-13)17(4)8-12-6-7-18-9-12/h6-7,9-10,15H,5,8H2,1-4H3. The fraction of sp³-hybridized carbons (Fsp3) is 0.500. The van der Waals surface area contributed by atoms with Crippen molar-refractivity contribution in [2.75, 3.05) is 18.5 Å². The topological polar surface area (TPSA) is 28.2 Å². The monoisotopic (exact) mass is 295 g/mol. The summed E-state index contributed by atoms with van der Waals surface area (Å²) < 4.78 is 0. The Morgan fingerprint density at radius 3 is 2.89 bits per heavy atom. The molecule has 2 aromatic rings. The zero-order chi connectivity index (χ0) is 13.8. The van der Waals surface area contributed by atoms with Gasteiger partial charge < -0.3 is 10.2 Å². The van der Waals surface area contributed by atoms with Crippen LogP contribution in [0.1, 0.15) is 36.0 Å². The molecule has 0 aromatic carbocycles. The van der Waals surface area contributed by atoms with Crippen LogP contribution in [0.25, 0.3) is 0 Å². The predicted molar refractivity (Wildman–Crippen MR) is 85.4 cm³/mol. The average Bonchev–Trinajstić information content (AvgIpc) is 2.98. The van der Waals surface area contributed by atoms with Gasteiger partial charge in [0.25, 0.3) is 0 Å². The molecule has 2 aromatic heterocycles. The molecular weight excluding hydrogens is 274 g/mol. The van der Waals surface area contributed by atoms with Crippen LogP contribution in [0.5, 0.6) is 0 Å². The Bertz CT molecular complexity index is 505. The molecule has 0 saturated carbocycles. The minimum atomic E-state index is 0.380. The van der Waals surface area contributed by atoms with Gasteiger partial charge in [-0.2, -0.15) is 11.3 Å². The lowest BCUT2D eigenvalue weighted by Gasteiger charge is -2.14. The number of hydrogen-bond acceptors (Lipinski definition) is 5. The third-order valence-corrected chi connectivity index (χ3v) is 5.24. The van der Waals surface area contributed by atoms with Crippen molar-refractivity contribution in [2.45, 2.75) is 33.4 Å². The predicted octanol–water partition coefficient (Wildman–Crippen LogP) is 3.82. The van der Waals surface area contributed by atoms with Crippen molar-refractivity contribution in [3.05, 3.63) is 33.0 Å². The number of hydrogen-bond donors (Lipinski definition) is 1. The molecule has 19 heavy (non-hydrogen) atoms. The van der Waals surface area contributed by atoms with Gasteiger partial charge in [0.2, 0.25) is 0 Å². The lowest BCUT2D eigenvalue weighted by atomic mass is 10.2. The van der Waals surface area contributed by atoms with Gasteiger partial charge in [-0.25, -0.2) is 4.98 Å². The molecule has 0 radical (unpaired) electrons. The van der Waals surface area contributed by atoms with Crippen LogP contribution in [-0.2, 0) is 6.54 Å². The zero-order valence-electron chi connectivity index (χ0n) is 11.9. The summed E-state index contributed by atoms with van der Waals surface area (Å²) in [6.07, 6.45) is 0. The van der Waals surface area contributed by atoms with Gasteiger partial charge in [0, 0.05) is 24.5 Å². The third-order valence-electron chi connectivity index (χ3n) is 3.05. The number of nitrogens with one attached hydrogen (secondary N) is 1. The molecule has 2 rings (SSSR count). The molecule has 0 saturated heterocycles. The Balaban J connectivity index is 2.10. The van der Waals surface area contributed by atoms with Crippen molar-refractivity contribution < 1.29 is 0 Å². The summed E-state index contributed by atoms with van der Waals surface area (Å²) in [7, 11) is 2.11. The molecule has 0 aliphatic carbocycles. The van der Waals surface area contributed by atoms with Gasteiger partial charge in [-0.1, -0.05) is 6.92 Å². The van der Waals surface area contributed by atoms with Crippen molar-refractivity contribution in [1.29, 1.82) is 0 Å². The van der Waals surface area contributed by atoms with E-state index in [1.54, 1.807) is 22.7 Å². The van der Waals surface area contributed by atoms with E-state index in [2.05, 4.69) is 54.9 Å². The van der Waals surface area contributed by atoms with Crippen LogP contribution in [0.2, 0.25) is 0 Å². The smallest absolute Gasteiger partial charge is 0.185 e. The van der Waals surface area contributed by atoms with Gasteiger partial charge in [0.05, 0.1) is 5.69 Å². The van der Waals surface area contributed by atoms with E-state index in [1.807, 2.05) is 0 Å². The number of aromatic nitrogens is 1. The number of aryl methyl sites for hydroxylation is 1. The van der Waals surface area contributed by atoms with E-state index in [4.69, 9.17) is 4.98 Å². The first-order valence-electron chi connectivity index (χ1n) is 6.54. The number of thiophene rings is 1. The molecule has 1 N–H and O–H groups in total. The fourth-order valence-corrected chi connectivity index (χ4v) is 3.79. The molecule has 0 fully saturated rings.